The van der Waals surface area contributed by atoms with Crippen LogP contribution in [-0.2, 0) is 13.0 Å². The van der Waals surface area contributed by atoms with Gasteiger partial charge >= 0.3 is 0 Å². The van der Waals surface area contributed by atoms with Crippen molar-refractivity contribution < 1.29 is 4.79 Å². The Morgan fingerprint density at radius 1 is 1.03 bits per heavy atom. The molecule has 1 fully saturated rings. The molecule has 33 heavy (non-hydrogen) atoms. The Morgan fingerprint density at radius 2 is 1.70 bits per heavy atom. The van der Waals surface area contributed by atoms with Gasteiger partial charge in [-0.2, -0.15) is 5.10 Å². The van der Waals surface area contributed by atoms with Crippen LogP contribution in [0.3, 0.4) is 0 Å². The average Bonchev–Trinajstić information content (AvgIpc) is 3.41. The van der Waals surface area contributed by atoms with E-state index in [-0.39, 0.29) is 11.9 Å². The fraction of sp³-hybridized carbons (Fsp3) is 0.333. The van der Waals surface area contributed by atoms with Crippen LogP contribution in [0.5, 0.6) is 0 Å². The number of carbonyl (C=O) groups excluding carboxylic acids is 1. The molecule has 1 aliphatic heterocycles. The zero-order valence-corrected chi connectivity index (χ0v) is 19.9. The first-order valence-electron chi connectivity index (χ1n) is 11.7. The van der Waals surface area contributed by atoms with E-state index in [9.17, 15) is 4.79 Å². The highest BCUT2D eigenvalue weighted by atomic mass is 32.1. The SMILES string of the molecule is Cc1nn(Cc2ccccc2)c2sc(C(=O)NC3CCN(CCc4ccccc4)CC3)cc12. The zero-order chi connectivity index (χ0) is 22.6. The van der Waals surface area contributed by atoms with Crippen molar-refractivity contribution in [1.82, 2.24) is 20.0 Å². The molecule has 2 aromatic heterocycles. The van der Waals surface area contributed by atoms with Gasteiger partial charge in [0.05, 0.1) is 17.1 Å². The molecule has 1 N–H and O–H groups in total. The van der Waals surface area contributed by atoms with Crippen LogP contribution < -0.4 is 5.32 Å². The summed E-state index contributed by atoms with van der Waals surface area (Å²) in [5, 5.41) is 9.06. The number of rotatable bonds is 7. The van der Waals surface area contributed by atoms with Crippen LogP contribution in [0.2, 0.25) is 0 Å². The molecule has 0 bridgehead atoms. The number of nitrogens with one attached hydrogen (secondary N) is 1. The fourth-order valence-electron chi connectivity index (χ4n) is 4.58. The van der Waals surface area contributed by atoms with Crippen molar-refractivity contribution in [3.63, 3.8) is 0 Å². The quantitative estimate of drug-likeness (QED) is 0.429. The van der Waals surface area contributed by atoms with E-state index < -0.39 is 0 Å². The highest BCUT2D eigenvalue weighted by Gasteiger charge is 2.23. The van der Waals surface area contributed by atoms with Crippen LogP contribution in [0.25, 0.3) is 10.2 Å². The third kappa shape index (κ3) is 5.18. The number of hydrogen-bond donors (Lipinski definition) is 1. The van der Waals surface area contributed by atoms with E-state index >= 15 is 0 Å². The molecule has 0 radical (unpaired) electrons. The van der Waals surface area contributed by atoms with E-state index in [2.05, 4.69) is 52.7 Å². The molecule has 5 rings (SSSR count). The van der Waals surface area contributed by atoms with E-state index in [1.165, 1.54) is 11.1 Å². The normalized spacial score (nSPS) is 15.2. The summed E-state index contributed by atoms with van der Waals surface area (Å²) in [6.07, 6.45) is 3.09. The number of hydrogen-bond acceptors (Lipinski definition) is 4. The Morgan fingerprint density at radius 3 is 2.39 bits per heavy atom. The van der Waals surface area contributed by atoms with Crippen molar-refractivity contribution in [2.75, 3.05) is 19.6 Å². The third-order valence-corrected chi connectivity index (χ3v) is 7.64. The molecule has 2 aromatic carbocycles. The van der Waals surface area contributed by atoms with E-state index in [1.54, 1.807) is 11.3 Å². The predicted octanol–water partition coefficient (Wildman–Crippen LogP) is 4.89. The van der Waals surface area contributed by atoms with E-state index in [1.807, 2.05) is 35.9 Å². The van der Waals surface area contributed by atoms with Gasteiger partial charge in [0.2, 0.25) is 0 Å². The minimum absolute atomic E-state index is 0.0459. The second kappa shape index (κ2) is 9.89. The van der Waals surface area contributed by atoms with E-state index in [0.29, 0.717) is 6.54 Å². The molecule has 0 unspecified atom stereocenters. The maximum atomic E-state index is 13.0. The van der Waals surface area contributed by atoms with Crippen molar-refractivity contribution in [2.24, 2.45) is 0 Å². The number of piperidine rings is 1. The number of nitrogens with zero attached hydrogens (tertiary/aromatic N) is 3. The van der Waals surface area contributed by atoms with Gasteiger partial charge in [0, 0.05) is 31.1 Å². The summed E-state index contributed by atoms with van der Waals surface area (Å²) < 4.78 is 2.02. The van der Waals surface area contributed by atoms with Crippen molar-refractivity contribution in [3.8, 4) is 0 Å². The van der Waals surface area contributed by atoms with Crippen LogP contribution in [0.15, 0.2) is 66.7 Å². The Kier molecular flexibility index (Phi) is 6.55. The number of fused-ring (bicyclic) bond motifs is 1. The molecule has 1 aliphatic rings. The lowest BCUT2D eigenvalue weighted by molar-refractivity contribution is 0.0915. The zero-order valence-electron chi connectivity index (χ0n) is 19.0. The summed E-state index contributed by atoms with van der Waals surface area (Å²) in [6.45, 7) is 5.89. The summed E-state index contributed by atoms with van der Waals surface area (Å²) in [7, 11) is 0. The maximum Gasteiger partial charge on any atom is 0.261 e. The number of likely N-dealkylation sites (tertiary alicyclic amines) is 1. The van der Waals surface area contributed by atoms with Gasteiger partial charge < -0.3 is 10.2 Å². The lowest BCUT2D eigenvalue weighted by Crippen LogP contribution is -2.45. The van der Waals surface area contributed by atoms with Crippen molar-refractivity contribution >= 4 is 27.5 Å². The second-order valence-electron chi connectivity index (χ2n) is 8.88. The maximum absolute atomic E-state index is 13.0. The van der Waals surface area contributed by atoms with Crippen molar-refractivity contribution in [1.29, 1.82) is 0 Å². The number of aryl methyl sites for hydroxylation is 1. The lowest BCUT2D eigenvalue weighted by Gasteiger charge is -2.32. The van der Waals surface area contributed by atoms with Crippen molar-refractivity contribution in [2.45, 2.75) is 38.8 Å². The molecular formula is C27H30N4OS. The molecule has 1 saturated heterocycles. The summed E-state index contributed by atoms with van der Waals surface area (Å²) in [5.74, 6) is 0.0459. The summed E-state index contributed by atoms with van der Waals surface area (Å²) in [5.41, 5.74) is 3.57. The molecule has 1 amide bonds. The number of carbonyl (C=O) groups is 1. The third-order valence-electron chi connectivity index (χ3n) is 6.49. The highest BCUT2D eigenvalue weighted by molar-refractivity contribution is 7.20. The predicted molar refractivity (Wildman–Crippen MR) is 135 cm³/mol. The van der Waals surface area contributed by atoms with Crippen LogP contribution in [0.4, 0.5) is 0 Å². The van der Waals surface area contributed by atoms with E-state index in [0.717, 1.165) is 59.7 Å². The monoisotopic (exact) mass is 458 g/mol. The first-order chi connectivity index (χ1) is 16.2. The summed E-state index contributed by atoms with van der Waals surface area (Å²) in [4.78, 5) is 17.4. The number of thiophene rings is 1. The van der Waals surface area contributed by atoms with Gasteiger partial charge in [0.15, 0.2) is 0 Å². The van der Waals surface area contributed by atoms with Gasteiger partial charge in [-0.15, -0.1) is 11.3 Å². The minimum Gasteiger partial charge on any atom is -0.349 e. The van der Waals surface area contributed by atoms with Gasteiger partial charge in [-0.1, -0.05) is 60.7 Å². The van der Waals surface area contributed by atoms with Gasteiger partial charge in [0.1, 0.15) is 4.83 Å². The average molecular weight is 459 g/mol. The van der Waals surface area contributed by atoms with Gasteiger partial charge in [-0.05, 0) is 43.4 Å². The number of benzene rings is 2. The Balaban J connectivity index is 1.17. The highest BCUT2D eigenvalue weighted by Crippen LogP contribution is 2.29. The molecule has 0 saturated carbocycles. The van der Waals surface area contributed by atoms with E-state index in [4.69, 9.17) is 5.10 Å². The molecule has 0 aliphatic carbocycles. The molecule has 6 heteroatoms. The van der Waals surface area contributed by atoms with Crippen LogP contribution in [0.1, 0.15) is 39.3 Å². The van der Waals surface area contributed by atoms with Gasteiger partial charge in [-0.25, -0.2) is 0 Å². The topological polar surface area (TPSA) is 50.2 Å². The smallest absolute Gasteiger partial charge is 0.261 e. The van der Waals surface area contributed by atoms with Gasteiger partial charge in [-0.3, -0.25) is 9.48 Å². The van der Waals surface area contributed by atoms with Crippen LogP contribution in [-0.4, -0.2) is 46.3 Å². The molecule has 3 heterocycles. The lowest BCUT2D eigenvalue weighted by atomic mass is 10.0. The molecule has 170 valence electrons. The van der Waals surface area contributed by atoms with Crippen LogP contribution >= 0.6 is 11.3 Å². The minimum atomic E-state index is 0.0459. The second-order valence-corrected chi connectivity index (χ2v) is 9.91. The molecular weight excluding hydrogens is 428 g/mol. The Bertz CT molecular complexity index is 1210. The van der Waals surface area contributed by atoms with Crippen LogP contribution in [0, 0.1) is 6.92 Å². The first kappa shape index (κ1) is 21.9. The summed E-state index contributed by atoms with van der Waals surface area (Å²) in [6, 6.07) is 23.2. The number of amides is 1. The summed E-state index contributed by atoms with van der Waals surface area (Å²) >= 11 is 1.54. The fourth-order valence-corrected chi connectivity index (χ4v) is 5.64. The largest absolute Gasteiger partial charge is 0.349 e. The number of aromatic nitrogens is 2. The molecule has 0 atom stereocenters. The Hall–Kier alpha value is -2.96. The van der Waals surface area contributed by atoms with Gasteiger partial charge in [0.25, 0.3) is 5.91 Å². The standard InChI is InChI=1S/C27H30N4OS/c1-20-24-18-25(33-27(24)31(29-20)19-22-10-6-3-7-11-22)26(32)28-23-13-16-30(17-14-23)15-12-21-8-4-2-5-9-21/h2-11,18,23H,12-17,19H2,1H3,(H,28,32). The first-order valence-corrected chi connectivity index (χ1v) is 12.6. The molecule has 0 spiro atoms. The molecule has 4 aromatic rings. The Labute approximate surface area is 199 Å². The molecule has 5 nitrogen and oxygen atoms in total. The van der Waals surface area contributed by atoms with Crippen molar-refractivity contribution in [3.05, 3.63) is 88.4 Å².